The van der Waals surface area contributed by atoms with E-state index in [1.807, 2.05) is 0 Å². The Bertz CT molecular complexity index is 1060. The first-order valence-corrected chi connectivity index (χ1v) is 11.6. The smallest absolute Gasteiger partial charge is 0.258 e. The highest BCUT2D eigenvalue weighted by Gasteiger charge is 2.31. The number of hydrogen-bond donors (Lipinski definition) is 0. The molecule has 160 valence electrons. The van der Waals surface area contributed by atoms with Crippen LogP contribution in [-0.2, 0) is 16.4 Å². The normalized spacial score (nSPS) is 17.4. The minimum Gasteiger partial charge on any atom is -0.308 e. The van der Waals surface area contributed by atoms with Crippen LogP contribution in [0.5, 0.6) is 0 Å². The van der Waals surface area contributed by atoms with Gasteiger partial charge in [-0.3, -0.25) is 4.79 Å². The third-order valence-corrected chi connectivity index (χ3v) is 8.05. The molecular formula is C22H24F2N2O3S. The molecule has 0 saturated heterocycles. The number of carbonyl (C=O) groups is 1. The minimum atomic E-state index is -3.65. The predicted molar refractivity (Wildman–Crippen MR) is 110 cm³/mol. The third kappa shape index (κ3) is 3.74. The lowest BCUT2D eigenvalue weighted by Crippen LogP contribution is -2.38. The summed E-state index contributed by atoms with van der Waals surface area (Å²) in [4.78, 5) is 14.4. The zero-order valence-corrected chi connectivity index (χ0v) is 17.6. The highest BCUT2D eigenvalue weighted by Crippen LogP contribution is 2.32. The Kier molecular flexibility index (Phi) is 5.63. The molecule has 4 rings (SSSR count). The number of rotatable bonds is 4. The average Bonchev–Trinajstić information content (AvgIpc) is 3.17. The fraction of sp³-hybridized carbons (Fsp3) is 0.409. The maximum Gasteiger partial charge on any atom is 0.258 e. The molecule has 1 heterocycles. The number of nitrogens with zero attached hydrogens (tertiary/aromatic N) is 2. The van der Waals surface area contributed by atoms with Crippen LogP contribution >= 0.6 is 0 Å². The summed E-state index contributed by atoms with van der Waals surface area (Å²) in [6.07, 6.45) is 5.20. The van der Waals surface area contributed by atoms with Gasteiger partial charge in [0, 0.05) is 36.8 Å². The highest BCUT2D eigenvalue weighted by molar-refractivity contribution is 7.89. The van der Waals surface area contributed by atoms with Crippen LogP contribution in [0, 0.1) is 11.6 Å². The van der Waals surface area contributed by atoms with Gasteiger partial charge in [0.25, 0.3) is 5.91 Å². The van der Waals surface area contributed by atoms with Gasteiger partial charge in [-0.15, -0.1) is 0 Å². The molecule has 0 N–H and O–H groups in total. The molecule has 1 aliphatic heterocycles. The molecule has 0 spiro atoms. The van der Waals surface area contributed by atoms with Crippen LogP contribution in [0.2, 0.25) is 0 Å². The molecular weight excluding hydrogens is 410 g/mol. The standard InChI is InChI=1S/C22H24F2N2O3S/c1-25(17-5-3-2-4-6-17)30(28,29)18-9-7-15(8-10-18)22(27)26-12-11-19-20(24)13-16(23)14-21(19)26/h7-10,13-14,17H,2-6,11-12H2,1H3. The minimum absolute atomic E-state index is 0.00375. The van der Waals surface area contributed by atoms with Gasteiger partial charge in [-0.2, -0.15) is 4.31 Å². The quantitative estimate of drug-likeness (QED) is 0.727. The summed E-state index contributed by atoms with van der Waals surface area (Å²) in [7, 11) is -2.04. The van der Waals surface area contributed by atoms with Gasteiger partial charge in [0.05, 0.1) is 10.6 Å². The van der Waals surface area contributed by atoms with Crippen molar-refractivity contribution in [2.75, 3.05) is 18.5 Å². The van der Waals surface area contributed by atoms with E-state index < -0.39 is 27.6 Å². The molecule has 0 radical (unpaired) electrons. The number of halogens is 2. The maximum absolute atomic E-state index is 14.0. The van der Waals surface area contributed by atoms with Crippen LogP contribution in [0.1, 0.15) is 48.0 Å². The van der Waals surface area contributed by atoms with Crippen molar-refractivity contribution >= 4 is 21.6 Å². The number of amides is 1. The Morgan fingerprint density at radius 1 is 1.07 bits per heavy atom. The maximum atomic E-state index is 14.0. The van der Waals surface area contributed by atoms with Gasteiger partial charge in [0.1, 0.15) is 11.6 Å². The van der Waals surface area contributed by atoms with Crippen molar-refractivity contribution in [2.45, 2.75) is 49.5 Å². The van der Waals surface area contributed by atoms with Gasteiger partial charge >= 0.3 is 0 Å². The zero-order chi connectivity index (χ0) is 21.5. The topological polar surface area (TPSA) is 57.7 Å². The van der Waals surface area contributed by atoms with Crippen molar-refractivity contribution in [3.8, 4) is 0 Å². The number of anilines is 1. The van der Waals surface area contributed by atoms with Crippen LogP contribution in [0.3, 0.4) is 0 Å². The molecule has 0 aromatic heterocycles. The summed E-state index contributed by atoms with van der Waals surface area (Å²) in [5.41, 5.74) is 0.816. The molecule has 0 atom stereocenters. The van der Waals surface area contributed by atoms with E-state index in [0.29, 0.717) is 12.0 Å². The van der Waals surface area contributed by atoms with E-state index in [1.165, 1.54) is 33.5 Å². The number of benzene rings is 2. The molecule has 0 unspecified atom stereocenters. The summed E-state index contributed by atoms with van der Waals surface area (Å²) in [5.74, 6) is -1.81. The first kappa shape index (κ1) is 20.9. The largest absolute Gasteiger partial charge is 0.308 e. The zero-order valence-electron chi connectivity index (χ0n) is 16.8. The van der Waals surface area contributed by atoms with Crippen LogP contribution < -0.4 is 4.90 Å². The van der Waals surface area contributed by atoms with Gasteiger partial charge < -0.3 is 4.90 Å². The molecule has 2 aliphatic rings. The van der Waals surface area contributed by atoms with E-state index in [4.69, 9.17) is 0 Å². The van der Waals surface area contributed by atoms with Crippen LogP contribution in [-0.4, -0.2) is 38.3 Å². The molecule has 2 aromatic rings. The first-order valence-electron chi connectivity index (χ1n) is 10.2. The molecule has 5 nitrogen and oxygen atoms in total. The molecule has 1 fully saturated rings. The summed E-state index contributed by atoms with van der Waals surface area (Å²) < 4.78 is 54.9. The van der Waals surface area contributed by atoms with Crippen molar-refractivity contribution < 1.29 is 22.0 Å². The number of fused-ring (bicyclic) bond motifs is 1. The molecule has 2 aromatic carbocycles. The van der Waals surface area contributed by atoms with Crippen molar-refractivity contribution in [1.82, 2.24) is 4.31 Å². The van der Waals surface area contributed by atoms with Crippen LogP contribution in [0.15, 0.2) is 41.3 Å². The SMILES string of the molecule is CN(C1CCCCC1)S(=O)(=O)c1ccc(C(=O)N2CCc3c(F)cc(F)cc32)cc1. The van der Waals surface area contributed by atoms with Gasteiger partial charge in [0.15, 0.2) is 0 Å². The second-order valence-electron chi connectivity index (χ2n) is 7.93. The van der Waals surface area contributed by atoms with Gasteiger partial charge in [-0.05, 0) is 49.6 Å². The fourth-order valence-corrected chi connectivity index (χ4v) is 5.78. The van der Waals surface area contributed by atoms with Gasteiger partial charge in [0.2, 0.25) is 10.0 Å². The number of carbonyl (C=O) groups excluding carboxylic acids is 1. The Balaban J connectivity index is 1.55. The Hall–Kier alpha value is -2.32. The van der Waals surface area contributed by atoms with Crippen molar-refractivity contribution in [3.63, 3.8) is 0 Å². The van der Waals surface area contributed by atoms with Crippen LogP contribution in [0.4, 0.5) is 14.5 Å². The van der Waals surface area contributed by atoms with Crippen molar-refractivity contribution in [3.05, 3.63) is 59.2 Å². The average molecular weight is 435 g/mol. The summed E-state index contributed by atoms with van der Waals surface area (Å²) in [6.45, 7) is 0.249. The first-order chi connectivity index (χ1) is 14.3. The summed E-state index contributed by atoms with van der Waals surface area (Å²) in [5, 5.41) is 0. The van der Waals surface area contributed by atoms with E-state index in [-0.39, 0.29) is 28.7 Å². The summed E-state index contributed by atoms with van der Waals surface area (Å²) >= 11 is 0. The van der Waals surface area contributed by atoms with Crippen LogP contribution in [0.25, 0.3) is 0 Å². The molecule has 1 amide bonds. The van der Waals surface area contributed by atoms with Crippen molar-refractivity contribution in [2.24, 2.45) is 0 Å². The lowest BCUT2D eigenvalue weighted by atomic mass is 9.96. The van der Waals surface area contributed by atoms with Gasteiger partial charge in [-0.1, -0.05) is 19.3 Å². The molecule has 1 saturated carbocycles. The Morgan fingerprint density at radius 3 is 2.40 bits per heavy atom. The van der Waals surface area contributed by atoms with E-state index in [2.05, 4.69) is 0 Å². The number of hydrogen-bond acceptors (Lipinski definition) is 3. The molecule has 8 heteroatoms. The van der Waals surface area contributed by atoms with Crippen molar-refractivity contribution in [1.29, 1.82) is 0 Å². The molecule has 1 aliphatic carbocycles. The molecule has 0 bridgehead atoms. The lowest BCUT2D eigenvalue weighted by molar-refractivity contribution is 0.0989. The summed E-state index contributed by atoms with van der Waals surface area (Å²) in [6, 6.07) is 7.72. The van der Waals surface area contributed by atoms with E-state index in [1.54, 1.807) is 7.05 Å². The highest BCUT2D eigenvalue weighted by atomic mass is 32.2. The van der Waals surface area contributed by atoms with E-state index in [9.17, 15) is 22.0 Å². The Labute approximate surface area is 175 Å². The lowest BCUT2D eigenvalue weighted by Gasteiger charge is -2.30. The fourth-order valence-electron chi connectivity index (χ4n) is 4.37. The molecule has 30 heavy (non-hydrogen) atoms. The second kappa shape index (κ2) is 8.07. The number of sulfonamides is 1. The predicted octanol–water partition coefficient (Wildman–Crippen LogP) is 4.12. The van der Waals surface area contributed by atoms with E-state index in [0.717, 1.165) is 44.2 Å². The second-order valence-corrected chi connectivity index (χ2v) is 9.93. The monoisotopic (exact) mass is 434 g/mol. The Morgan fingerprint density at radius 2 is 1.73 bits per heavy atom. The third-order valence-electron chi connectivity index (χ3n) is 6.13. The van der Waals surface area contributed by atoms with Gasteiger partial charge in [-0.25, -0.2) is 17.2 Å². The van der Waals surface area contributed by atoms with E-state index >= 15 is 0 Å².